The summed E-state index contributed by atoms with van der Waals surface area (Å²) in [6, 6.07) is 6.66. The van der Waals surface area contributed by atoms with Crippen LogP contribution in [0.25, 0.3) is 0 Å². The van der Waals surface area contributed by atoms with Gasteiger partial charge in [-0.15, -0.1) is 0 Å². The van der Waals surface area contributed by atoms with Crippen molar-refractivity contribution in [2.24, 2.45) is 0 Å². The zero-order valence-electron chi connectivity index (χ0n) is 7.67. The highest BCUT2D eigenvalue weighted by Gasteiger charge is 2.20. The van der Waals surface area contributed by atoms with E-state index in [0.717, 1.165) is 12.1 Å². The third-order valence-electron chi connectivity index (χ3n) is 1.79. The van der Waals surface area contributed by atoms with Gasteiger partial charge >= 0.3 is 0 Å². The van der Waals surface area contributed by atoms with E-state index in [2.05, 4.69) is 0 Å². The maximum absolute atomic E-state index is 10.9. The average Bonchev–Trinajstić information content (AvgIpc) is 2.25. The number of nitriles is 3. The molecule has 1 aromatic carbocycles. The van der Waals surface area contributed by atoms with Crippen LogP contribution in [0, 0.1) is 34.0 Å². The molecule has 0 aliphatic carbocycles. The van der Waals surface area contributed by atoms with E-state index in [1.54, 1.807) is 12.1 Å². The van der Waals surface area contributed by atoms with Crippen LogP contribution in [-0.4, -0.2) is 13.0 Å². The Labute approximate surface area is 91.3 Å². The average molecular weight is 233 g/mol. The standard InChI is InChI=1S/C9H3N3O3S/c10-3-6-1-2-9(16(13,14)15)8(5-12)7(6)4-11/h1-2H,(H,13,14,15). The molecule has 0 spiro atoms. The topological polar surface area (TPSA) is 126 Å². The van der Waals surface area contributed by atoms with Gasteiger partial charge in [0.25, 0.3) is 10.1 Å². The van der Waals surface area contributed by atoms with Gasteiger partial charge in [0, 0.05) is 0 Å². The smallest absolute Gasteiger partial charge is 0.282 e. The van der Waals surface area contributed by atoms with E-state index in [1.807, 2.05) is 0 Å². The molecule has 78 valence electrons. The molecule has 7 heteroatoms. The van der Waals surface area contributed by atoms with Crippen LogP contribution in [0.1, 0.15) is 16.7 Å². The highest BCUT2D eigenvalue weighted by atomic mass is 32.2. The van der Waals surface area contributed by atoms with E-state index in [0.29, 0.717) is 0 Å². The van der Waals surface area contributed by atoms with Crippen molar-refractivity contribution in [3.05, 3.63) is 28.8 Å². The predicted octanol–water partition coefficient (Wildman–Crippen LogP) is 0.548. The monoisotopic (exact) mass is 233 g/mol. The molecule has 0 radical (unpaired) electrons. The van der Waals surface area contributed by atoms with Crippen molar-refractivity contribution in [3.63, 3.8) is 0 Å². The summed E-state index contributed by atoms with van der Waals surface area (Å²) in [7, 11) is -4.59. The number of benzene rings is 1. The van der Waals surface area contributed by atoms with Crippen molar-refractivity contribution in [1.29, 1.82) is 15.8 Å². The summed E-state index contributed by atoms with van der Waals surface area (Å²) in [5, 5.41) is 26.1. The second kappa shape index (κ2) is 4.00. The van der Waals surface area contributed by atoms with E-state index in [4.69, 9.17) is 20.3 Å². The molecule has 0 saturated carbocycles. The van der Waals surface area contributed by atoms with Crippen LogP contribution in [0.2, 0.25) is 0 Å². The molecule has 0 saturated heterocycles. The number of hydrogen-bond donors (Lipinski definition) is 1. The van der Waals surface area contributed by atoms with Gasteiger partial charge < -0.3 is 0 Å². The Bertz CT molecular complexity index is 672. The minimum Gasteiger partial charge on any atom is -0.282 e. The minimum atomic E-state index is -4.59. The Balaban J connectivity index is 3.83. The van der Waals surface area contributed by atoms with Gasteiger partial charge in [-0.2, -0.15) is 24.2 Å². The Morgan fingerprint density at radius 1 is 1.00 bits per heavy atom. The lowest BCUT2D eigenvalue weighted by Crippen LogP contribution is -2.04. The summed E-state index contributed by atoms with van der Waals surface area (Å²) in [5.74, 6) is 0. The lowest BCUT2D eigenvalue weighted by molar-refractivity contribution is 0.483. The zero-order chi connectivity index (χ0) is 12.3. The lowest BCUT2D eigenvalue weighted by atomic mass is 10.0. The largest absolute Gasteiger partial charge is 0.295 e. The molecule has 0 unspecified atom stereocenters. The highest BCUT2D eigenvalue weighted by molar-refractivity contribution is 7.85. The van der Waals surface area contributed by atoms with Gasteiger partial charge in [-0.1, -0.05) is 0 Å². The quantitative estimate of drug-likeness (QED) is 0.705. The van der Waals surface area contributed by atoms with Crippen molar-refractivity contribution in [1.82, 2.24) is 0 Å². The first-order valence-electron chi connectivity index (χ1n) is 3.80. The molecule has 1 rings (SSSR count). The maximum atomic E-state index is 10.9. The third-order valence-corrected chi connectivity index (χ3v) is 2.69. The molecule has 0 aromatic heterocycles. The molecule has 1 aromatic rings. The zero-order valence-corrected chi connectivity index (χ0v) is 8.48. The molecule has 0 aliphatic heterocycles. The first kappa shape index (κ1) is 11.7. The van der Waals surface area contributed by atoms with Gasteiger partial charge in [0.15, 0.2) is 0 Å². The molecular formula is C9H3N3O3S. The van der Waals surface area contributed by atoms with Crippen molar-refractivity contribution < 1.29 is 13.0 Å². The fourth-order valence-electron chi connectivity index (χ4n) is 1.12. The molecule has 0 heterocycles. The predicted molar refractivity (Wildman–Crippen MR) is 50.4 cm³/mol. The molecule has 6 nitrogen and oxygen atoms in total. The normalized spacial score (nSPS) is 9.88. The number of hydrogen-bond acceptors (Lipinski definition) is 5. The lowest BCUT2D eigenvalue weighted by Gasteiger charge is -2.02. The Morgan fingerprint density at radius 3 is 1.94 bits per heavy atom. The van der Waals surface area contributed by atoms with E-state index >= 15 is 0 Å². The molecule has 1 N–H and O–H groups in total. The summed E-state index contributed by atoms with van der Waals surface area (Å²) < 4.78 is 30.6. The fraction of sp³-hybridized carbons (Fsp3) is 0. The summed E-state index contributed by atoms with van der Waals surface area (Å²) in [6.07, 6.45) is 0. The van der Waals surface area contributed by atoms with Crippen molar-refractivity contribution >= 4 is 10.1 Å². The Morgan fingerprint density at radius 2 is 1.56 bits per heavy atom. The van der Waals surface area contributed by atoms with Crippen LogP contribution in [0.4, 0.5) is 0 Å². The first-order chi connectivity index (χ1) is 7.45. The summed E-state index contributed by atoms with van der Waals surface area (Å²) in [4.78, 5) is -0.675. The van der Waals surface area contributed by atoms with E-state index in [1.165, 1.54) is 6.07 Å². The van der Waals surface area contributed by atoms with Gasteiger partial charge in [-0.05, 0) is 12.1 Å². The molecule has 0 aliphatic rings. The van der Waals surface area contributed by atoms with Crippen molar-refractivity contribution in [2.45, 2.75) is 4.90 Å². The van der Waals surface area contributed by atoms with Crippen LogP contribution < -0.4 is 0 Å². The summed E-state index contributed by atoms with van der Waals surface area (Å²) >= 11 is 0. The van der Waals surface area contributed by atoms with Crippen LogP contribution >= 0.6 is 0 Å². The van der Waals surface area contributed by atoms with Gasteiger partial charge in [-0.25, -0.2) is 0 Å². The van der Waals surface area contributed by atoms with Crippen LogP contribution in [0.15, 0.2) is 17.0 Å². The van der Waals surface area contributed by atoms with Crippen LogP contribution in [0.3, 0.4) is 0 Å². The molecule has 0 amide bonds. The third kappa shape index (κ3) is 1.84. The molecular weight excluding hydrogens is 230 g/mol. The van der Waals surface area contributed by atoms with Crippen LogP contribution in [-0.2, 0) is 10.1 Å². The molecule has 0 fully saturated rings. The number of nitrogens with zero attached hydrogens (tertiary/aromatic N) is 3. The second-order valence-electron chi connectivity index (χ2n) is 2.67. The SMILES string of the molecule is N#Cc1ccc(S(=O)(=O)O)c(C#N)c1C#N. The maximum Gasteiger partial charge on any atom is 0.295 e. The molecule has 16 heavy (non-hydrogen) atoms. The van der Waals surface area contributed by atoms with E-state index in [-0.39, 0.29) is 11.1 Å². The van der Waals surface area contributed by atoms with E-state index < -0.39 is 20.6 Å². The Kier molecular flexibility index (Phi) is 2.91. The van der Waals surface area contributed by atoms with Crippen LogP contribution in [0.5, 0.6) is 0 Å². The van der Waals surface area contributed by atoms with E-state index in [9.17, 15) is 8.42 Å². The molecule has 0 atom stereocenters. The summed E-state index contributed by atoms with van der Waals surface area (Å²) in [5.41, 5.74) is -1.00. The summed E-state index contributed by atoms with van der Waals surface area (Å²) in [6.45, 7) is 0. The second-order valence-corrected chi connectivity index (χ2v) is 4.06. The fourth-order valence-corrected chi connectivity index (χ4v) is 1.76. The van der Waals surface area contributed by atoms with Gasteiger partial charge in [0.05, 0.1) is 16.7 Å². The van der Waals surface area contributed by atoms with Gasteiger partial charge in [0.2, 0.25) is 0 Å². The number of rotatable bonds is 1. The van der Waals surface area contributed by atoms with Crippen molar-refractivity contribution in [2.75, 3.05) is 0 Å². The molecule has 0 bridgehead atoms. The Hall–Kier alpha value is -2.40. The van der Waals surface area contributed by atoms with Gasteiger partial charge in [0.1, 0.15) is 23.1 Å². The van der Waals surface area contributed by atoms with Crippen molar-refractivity contribution in [3.8, 4) is 18.2 Å². The first-order valence-corrected chi connectivity index (χ1v) is 5.24. The van der Waals surface area contributed by atoms with Gasteiger partial charge in [-0.3, -0.25) is 4.55 Å². The minimum absolute atomic E-state index is 0.119. The highest BCUT2D eigenvalue weighted by Crippen LogP contribution is 2.21.